The van der Waals surface area contributed by atoms with E-state index in [9.17, 15) is 0 Å². The van der Waals surface area contributed by atoms with E-state index >= 15 is 0 Å². The zero-order valence-corrected chi connectivity index (χ0v) is 9.10. The van der Waals surface area contributed by atoms with E-state index in [0.717, 1.165) is 18.7 Å². The fourth-order valence-corrected chi connectivity index (χ4v) is 2.38. The summed E-state index contributed by atoms with van der Waals surface area (Å²) in [5.41, 5.74) is 2.43. The summed E-state index contributed by atoms with van der Waals surface area (Å²) in [7, 11) is 1.71. The van der Waals surface area contributed by atoms with Crippen LogP contribution in [0.15, 0.2) is 18.2 Å². The van der Waals surface area contributed by atoms with Crippen molar-refractivity contribution in [2.75, 3.05) is 19.0 Å². The molecule has 1 aliphatic rings. The Labute approximate surface area is 86.4 Å². The van der Waals surface area contributed by atoms with Gasteiger partial charge in [-0.2, -0.15) is 0 Å². The van der Waals surface area contributed by atoms with Crippen LogP contribution < -0.4 is 10.1 Å². The molecule has 0 aliphatic carbocycles. The van der Waals surface area contributed by atoms with E-state index in [1.807, 2.05) is 12.1 Å². The maximum absolute atomic E-state index is 5.31. The number of fused-ring (bicyclic) bond motifs is 1. The number of halogens is 1. The van der Waals surface area contributed by atoms with Gasteiger partial charge in [-0.05, 0) is 18.6 Å². The average molecular weight is 242 g/mol. The van der Waals surface area contributed by atoms with Crippen molar-refractivity contribution in [1.82, 2.24) is 0 Å². The fourth-order valence-electron chi connectivity index (χ4n) is 1.68. The van der Waals surface area contributed by atoms with Crippen molar-refractivity contribution in [3.63, 3.8) is 0 Å². The van der Waals surface area contributed by atoms with Gasteiger partial charge in [-0.1, -0.05) is 22.0 Å². The number of alkyl halides is 1. The monoisotopic (exact) mass is 241 g/mol. The Balaban J connectivity index is 2.50. The first-order valence-corrected chi connectivity index (χ1v) is 5.29. The van der Waals surface area contributed by atoms with Crippen LogP contribution in [0.3, 0.4) is 0 Å². The quantitative estimate of drug-likeness (QED) is 0.764. The van der Waals surface area contributed by atoms with Gasteiger partial charge in [0.25, 0.3) is 0 Å². The number of methoxy groups -OCH3 is 1. The van der Waals surface area contributed by atoms with Crippen LogP contribution in [0, 0.1) is 0 Å². The van der Waals surface area contributed by atoms with Crippen LogP contribution in [0.5, 0.6) is 5.75 Å². The lowest BCUT2D eigenvalue weighted by Gasteiger charge is -2.24. The number of hydrogen-bond donors (Lipinski definition) is 1. The van der Waals surface area contributed by atoms with Crippen LogP contribution in [0.25, 0.3) is 0 Å². The fraction of sp³-hybridized carbons (Fsp3) is 0.400. The van der Waals surface area contributed by atoms with E-state index in [1.165, 1.54) is 11.3 Å². The van der Waals surface area contributed by atoms with Crippen LogP contribution in [0.1, 0.15) is 16.8 Å². The van der Waals surface area contributed by atoms with Gasteiger partial charge in [0.2, 0.25) is 0 Å². The van der Waals surface area contributed by atoms with Crippen molar-refractivity contribution in [1.29, 1.82) is 0 Å². The number of hydrogen-bond acceptors (Lipinski definition) is 2. The number of rotatable bonds is 1. The molecular formula is C10H12BrNO. The van der Waals surface area contributed by atoms with Gasteiger partial charge in [0, 0.05) is 22.6 Å². The van der Waals surface area contributed by atoms with Gasteiger partial charge in [-0.25, -0.2) is 0 Å². The largest absolute Gasteiger partial charge is 0.496 e. The predicted octanol–water partition coefficient (Wildman–Crippen LogP) is 2.95. The number of anilines is 1. The van der Waals surface area contributed by atoms with E-state index in [4.69, 9.17) is 4.74 Å². The smallest absolute Gasteiger partial charge is 0.125 e. The Hall–Kier alpha value is -0.700. The lowest BCUT2D eigenvalue weighted by Crippen LogP contribution is -2.14. The Morgan fingerprint density at radius 3 is 3.15 bits per heavy atom. The summed E-state index contributed by atoms with van der Waals surface area (Å²) in [6.45, 7) is 1.02. The maximum atomic E-state index is 5.31. The summed E-state index contributed by atoms with van der Waals surface area (Å²) in [5, 5.41) is 3.36. The summed E-state index contributed by atoms with van der Waals surface area (Å²) >= 11 is 3.66. The number of nitrogens with one attached hydrogen (secondary N) is 1. The van der Waals surface area contributed by atoms with E-state index in [-0.39, 0.29) is 0 Å². The van der Waals surface area contributed by atoms with Crippen LogP contribution in [-0.2, 0) is 0 Å². The highest BCUT2D eigenvalue weighted by Crippen LogP contribution is 2.41. The highest BCUT2D eigenvalue weighted by atomic mass is 79.9. The molecule has 2 rings (SSSR count). The molecule has 13 heavy (non-hydrogen) atoms. The Morgan fingerprint density at radius 2 is 2.38 bits per heavy atom. The zero-order chi connectivity index (χ0) is 9.26. The first kappa shape index (κ1) is 8.88. The second-order valence-electron chi connectivity index (χ2n) is 3.10. The molecule has 0 saturated heterocycles. The molecule has 1 aromatic carbocycles. The molecule has 2 nitrogen and oxygen atoms in total. The highest BCUT2D eigenvalue weighted by Gasteiger charge is 2.20. The van der Waals surface area contributed by atoms with Crippen LogP contribution in [0.2, 0.25) is 0 Å². The lowest BCUT2D eigenvalue weighted by molar-refractivity contribution is 0.409. The molecule has 3 heteroatoms. The minimum absolute atomic E-state index is 0.417. The van der Waals surface area contributed by atoms with Crippen molar-refractivity contribution in [2.45, 2.75) is 11.2 Å². The van der Waals surface area contributed by atoms with Gasteiger partial charge in [-0.3, -0.25) is 0 Å². The third-order valence-electron chi connectivity index (χ3n) is 2.31. The molecule has 70 valence electrons. The normalized spacial score (nSPS) is 20.3. The SMILES string of the molecule is COc1cccc2c1C(Br)CCN2. The van der Waals surface area contributed by atoms with Crippen LogP contribution in [0.4, 0.5) is 5.69 Å². The highest BCUT2D eigenvalue weighted by molar-refractivity contribution is 9.09. The van der Waals surface area contributed by atoms with Crippen molar-refractivity contribution < 1.29 is 4.74 Å². The summed E-state index contributed by atoms with van der Waals surface area (Å²) in [5.74, 6) is 0.964. The summed E-state index contributed by atoms with van der Waals surface area (Å²) in [6, 6.07) is 6.10. The molecule has 0 spiro atoms. The number of ether oxygens (including phenoxy) is 1. The van der Waals surface area contributed by atoms with Gasteiger partial charge in [0.05, 0.1) is 7.11 Å². The third-order valence-corrected chi connectivity index (χ3v) is 3.23. The zero-order valence-electron chi connectivity index (χ0n) is 7.51. The lowest BCUT2D eigenvalue weighted by atomic mass is 10.0. The molecular weight excluding hydrogens is 230 g/mol. The number of benzene rings is 1. The molecule has 0 amide bonds. The molecule has 0 aromatic heterocycles. The molecule has 0 saturated carbocycles. The van der Waals surface area contributed by atoms with E-state index in [0.29, 0.717) is 4.83 Å². The summed E-state index contributed by atoms with van der Waals surface area (Å²) in [4.78, 5) is 0.417. The van der Waals surface area contributed by atoms with Gasteiger partial charge in [-0.15, -0.1) is 0 Å². The standard InChI is InChI=1S/C10H12BrNO/c1-13-9-4-2-3-8-10(9)7(11)5-6-12-8/h2-4,7,12H,5-6H2,1H3. The molecule has 1 atom stereocenters. The molecule has 1 heterocycles. The Bertz CT molecular complexity index is 300. The van der Waals surface area contributed by atoms with Crippen molar-refractivity contribution in [2.24, 2.45) is 0 Å². The molecule has 0 radical (unpaired) electrons. The van der Waals surface area contributed by atoms with E-state index in [2.05, 4.69) is 27.3 Å². The van der Waals surface area contributed by atoms with E-state index in [1.54, 1.807) is 7.11 Å². The van der Waals surface area contributed by atoms with E-state index < -0.39 is 0 Å². The Morgan fingerprint density at radius 1 is 1.54 bits per heavy atom. The third kappa shape index (κ3) is 1.53. The maximum Gasteiger partial charge on any atom is 0.125 e. The minimum atomic E-state index is 0.417. The van der Waals surface area contributed by atoms with Gasteiger partial charge in [0.15, 0.2) is 0 Å². The molecule has 0 fully saturated rings. The molecule has 1 aliphatic heterocycles. The van der Waals surface area contributed by atoms with Gasteiger partial charge >= 0.3 is 0 Å². The minimum Gasteiger partial charge on any atom is -0.496 e. The van der Waals surface area contributed by atoms with Crippen molar-refractivity contribution in [3.05, 3.63) is 23.8 Å². The van der Waals surface area contributed by atoms with Crippen LogP contribution in [-0.4, -0.2) is 13.7 Å². The molecule has 0 bridgehead atoms. The molecule has 1 N–H and O–H groups in total. The Kier molecular flexibility index (Phi) is 2.44. The summed E-state index contributed by atoms with van der Waals surface area (Å²) < 4.78 is 5.31. The topological polar surface area (TPSA) is 21.3 Å². The van der Waals surface area contributed by atoms with Crippen LogP contribution >= 0.6 is 15.9 Å². The first-order valence-electron chi connectivity index (χ1n) is 4.38. The second kappa shape index (κ2) is 3.58. The summed E-state index contributed by atoms with van der Waals surface area (Å²) in [6.07, 6.45) is 1.10. The average Bonchev–Trinajstić information content (AvgIpc) is 2.17. The molecule has 1 unspecified atom stereocenters. The van der Waals surface area contributed by atoms with Crippen molar-refractivity contribution >= 4 is 21.6 Å². The van der Waals surface area contributed by atoms with Crippen molar-refractivity contribution in [3.8, 4) is 5.75 Å². The first-order chi connectivity index (χ1) is 6.33. The predicted molar refractivity (Wildman–Crippen MR) is 57.8 cm³/mol. The van der Waals surface area contributed by atoms with Gasteiger partial charge in [0.1, 0.15) is 5.75 Å². The second-order valence-corrected chi connectivity index (χ2v) is 4.21. The van der Waals surface area contributed by atoms with Gasteiger partial charge < -0.3 is 10.1 Å². The molecule has 1 aromatic rings.